The molecule has 2 heterocycles. The Morgan fingerprint density at radius 1 is 0.871 bits per heavy atom. The number of hydrazine groups is 1. The lowest BCUT2D eigenvalue weighted by Crippen LogP contribution is -2.41. The van der Waals surface area contributed by atoms with Crippen LogP contribution in [0.5, 0.6) is 0 Å². The molecule has 2 aromatic heterocycles. The lowest BCUT2D eigenvalue weighted by atomic mass is 10.1. The summed E-state index contributed by atoms with van der Waals surface area (Å²) in [5.74, 6) is 0.194. The van der Waals surface area contributed by atoms with Crippen LogP contribution in [0, 0.1) is 20.8 Å². The van der Waals surface area contributed by atoms with E-state index >= 15 is 0 Å². The molecule has 0 spiro atoms. The summed E-state index contributed by atoms with van der Waals surface area (Å²) in [5, 5.41) is 4.63. The highest BCUT2D eigenvalue weighted by Gasteiger charge is 2.20. The minimum atomic E-state index is -0.469. The fraction of sp³-hybridized carbons (Fsp3) is 0.125. The average Bonchev–Trinajstić information content (AvgIpc) is 3.36. The van der Waals surface area contributed by atoms with E-state index in [1.165, 1.54) is 0 Å². The number of aryl methyl sites for hydroxylation is 3. The Morgan fingerprint density at radius 2 is 1.52 bits per heavy atom. The van der Waals surface area contributed by atoms with E-state index in [-0.39, 0.29) is 0 Å². The van der Waals surface area contributed by atoms with Gasteiger partial charge in [-0.15, -0.1) is 0 Å². The minimum Gasteiger partial charge on any atom is -0.466 e. The van der Waals surface area contributed by atoms with E-state index in [0.717, 1.165) is 16.8 Å². The van der Waals surface area contributed by atoms with Crippen molar-refractivity contribution < 1.29 is 14.0 Å². The monoisotopic (exact) mass is 414 g/mol. The van der Waals surface area contributed by atoms with Gasteiger partial charge in [-0.25, -0.2) is 4.68 Å². The van der Waals surface area contributed by atoms with Crippen molar-refractivity contribution in [3.05, 3.63) is 95.1 Å². The quantitative estimate of drug-likeness (QED) is 0.492. The maximum Gasteiger partial charge on any atom is 0.273 e. The van der Waals surface area contributed by atoms with Crippen LogP contribution in [0.3, 0.4) is 0 Å². The van der Waals surface area contributed by atoms with Crippen molar-refractivity contribution in [3.63, 3.8) is 0 Å². The molecule has 0 saturated heterocycles. The Kier molecular flexibility index (Phi) is 5.41. The predicted molar refractivity (Wildman–Crippen MR) is 117 cm³/mol. The lowest BCUT2D eigenvalue weighted by molar-refractivity contribution is 0.0846. The number of rotatable bonds is 4. The lowest BCUT2D eigenvalue weighted by Gasteiger charge is -2.07. The third-order valence-electron chi connectivity index (χ3n) is 4.88. The summed E-state index contributed by atoms with van der Waals surface area (Å²) in [6.07, 6.45) is 1.65. The van der Waals surface area contributed by atoms with Gasteiger partial charge in [0.1, 0.15) is 17.2 Å². The molecule has 0 bridgehead atoms. The van der Waals surface area contributed by atoms with Crippen LogP contribution < -0.4 is 10.9 Å². The SMILES string of the molecule is Cc1ccc(-n2cc(C(=O)NNC(=O)c3cc(C)oc3C)c(-c3ccccc3)n2)cc1. The number of nitrogens with one attached hydrogen (secondary N) is 2. The largest absolute Gasteiger partial charge is 0.466 e. The maximum atomic E-state index is 13.0. The summed E-state index contributed by atoms with van der Waals surface area (Å²) >= 11 is 0. The van der Waals surface area contributed by atoms with Crippen LogP contribution >= 0.6 is 0 Å². The van der Waals surface area contributed by atoms with Crippen LogP contribution in [-0.4, -0.2) is 21.6 Å². The van der Waals surface area contributed by atoms with Crippen molar-refractivity contribution in [2.75, 3.05) is 0 Å². The first-order chi connectivity index (χ1) is 14.9. The molecule has 2 amide bonds. The third-order valence-corrected chi connectivity index (χ3v) is 4.88. The second-order valence-electron chi connectivity index (χ2n) is 7.27. The second kappa shape index (κ2) is 8.31. The van der Waals surface area contributed by atoms with Crippen LogP contribution in [0.25, 0.3) is 16.9 Å². The zero-order valence-electron chi connectivity index (χ0n) is 17.5. The van der Waals surface area contributed by atoms with Gasteiger partial charge in [0.2, 0.25) is 0 Å². The van der Waals surface area contributed by atoms with Gasteiger partial charge in [-0.1, -0.05) is 48.0 Å². The Morgan fingerprint density at radius 3 is 2.13 bits per heavy atom. The van der Waals surface area contributed by atoms with Gasteiger partial charge in [-0.05, 0) is 39.0 Å². The molecule has 0 unspecified atom stereocenters. The van der Waals surface area contributed by atoms with Gasteiger partial charge < -0.3 is 4.42 Å². The molecule has 4 aromatic rings. The third kappa shape index (κ3) is 4.25. The number of furan rings is 1. The van der Waals surface area contributed by atoms with E-state index in [2.05, 4.69) is 16.0 Å². The first-order valence-corrected chi connectivity index (χ1v) is 9.82. The fourth-order valence-corrected chi connectivity index (χ4v) is 3.28. The number of carbonyl (C=O) groups is 2. The number of aromatic nitrogens is 2. The van der Waals surface area contributed by atoms with E-state index < -0.39 is 11.8 Å². The molecular formula is C24H22N4O3. The van der Waals surface area contributed by atoms with E-state index in [9.17, 15) is 9.59 Å². The molecule has 0 aliphatic carbocycles. The standard InChI is InChI=1S/C24H22N4O3/c1-15-9-11-19(12-10-15)28-14-21(22(27-28)18-7-5-4-6-8-18)24(30)26-25-23(29)20-13-16(2)31-17(20)3/h4-14H,1-3H3,(H,25,29)(H,26,30). The molecule has 31 heavy (non-hydrogen) atoms. The zero-order chi connectivity index (χ0) is 22.0. The molecule has 0 radical (unpaired) electrons. The number of hydrogen-bond acceptors (Lipinski definition) is 4. The Bertz CT molecular complexity index is 1240. The molecule has 2 aromatic carbocycles. The van der Waals surface area contributed by atoms with E-state index in [1.54, 1.807) is 30.8 Å². The van der Waals surface area contributed by atoms with Gasteiger partial charge in [0.05, 0.1) is 16.8 Å². The van der Waals surface area contributed by atoms with Crippen LogP contribution in [-0.2, 0) is 0 Å². The summed E-state index contributed by atoms with van der Waals surface area (Å²) in [6.45, 7) is 5.46. The van der Waals surface area contributed by atoms with Gasteiger partial charge in [0.15, 0.2) is 0 Å². The summed E-state index contributed by atoms with van der Waals surface area (Å²) in [4.78, 5) is 25.4. The topological polar surface area (TPSA) is 89.2 Å². The predicted octanol–water partition coefficient (Wildman–Crippen LogP) is 4.13. The molecule has 2 N–H and O–H groups in total. The summed E-state index contributed by atoms with van der Waals surface area (Å²) < 4.78 is 7.03. The van der Waals surface area contributed by atoms with Gasteiger partial charge in [-0.2, -0.15) is 5.10 Å². The Labute approximate surface area is 179 Å². The van der Waals surface area contributed by atoms with Crippen molar-refractivity contribution in [1.82, 2.24) is 20.6 Å². The summed E-state index contributed by atoms with van der Waals surface area (Å²) in [7, 11) is 0. The molecule has 7 heteroatoms. The first kappa shape index (κ1) is 20.2. The van der Waals surface area contributed by atoms with Gasteiger partial charge in [-0.3, -0.25) is 20.4 Å². The van der Waals surface area contributed by atoms with Gasteiger partial charge in [0.25, 0.3) is 11.8 Å². The summed E-state index contributed by atoms with van der Waals surface area (Å²) in [6, 6.07) is 18.9. The number of benzene rings is 2. The molecule has 0 saturated carbocycles. The maximum absolute atomic E-state index is 13.0. The molecule has 0 atom stereocenters. The molecule has 7 nitrogen and oxygen atoms in total. The van der Waals surface area contributed by atoms with Crippen LogP contribution in [0.15, 0.2) is 71.3 Å². The van der Waals surface area contributed by atoms with Gasteiger partial charge in [0, 0.05) is 11.8 Å². The van der Waals surface area contributed by atoms with Crippen molar-refractivity contribution in [1.29, 1.82) is 0 Å². The molecule has 0 aliphatic heterocycles. The van der Waals surface area contributed by atoms with Crippen LogP contribution in [0.1, 0.15) is 37.8 Å². The van der Waals surface area contributed by atoms with E-state index in [4.69, 9.17) is 4.42 Å². The molecule has 4 rings (SSSR count). The zero-order valence-corrected chi connectivity index (χ0v) is 17.5. The Balaban J connectivity index is 1.62. The minimum absolute atomic E-state index is 0.340. The Hall–Kier alpha value is -4.13. The van der Waals surface area contributed by atoms with Gasteiger partial charge >= 0.3 is 0 Å². The fourth-order valence-electron chi connectivity index (χ4n) is 3.28. The molecule has 156 valence electrons. The molecule has 0 fully saturated rings. The van der Waals surface area contributed by atoms with Crippen LogP contribution in [0.4, 0.5) is 0 Å². The van der Waals surface area contributed by atoms with Crippen LogP contribution in [0.2, 0.25) is 0 Å². The first-order valence-electron chi connectivity index (χ1n) is 9.82. The number of carbonyl (C=O) groups excluding carboxylic acids is 2. The normalized spacial score (nSPS) is 10.7. The van der Waals surface area contributed by atoms with Crippen molar-refractivity contribution in [2.24, 2.45) is 0 Å². The van der Waals surface area contributed by atoms with E-state index in [0.29, 0.717) is 28.3 Å². The number of nitrogens with zero attached hydrogens (tertiary/aromatic N) is 2. The average molecular weight is 414 g/mol. The van der Waals surface area contributed by atoms with Crippen molar-refractivity contribution in [2.45, 2.75) is 20.8 Å². The highest BCUT2D eigenvalue weighted by Crippen LogP contribution is 2.24. The smallest absolute Gasteiger partial charge is 0.273 e. The molecular weight excluding hydrogens is 392 g/mol. The number of hydrogen-bond donors (Lipinski definition) is 2. The number of amides is 2. The highest BCUT2D eigenvalue weighted by molar-refractivity contribution is 6.02. The highest BCUT2D eigenvalue weighted by atomic mass is 16.3. The van der Waals surface area contributed by atoms with E-state index in [1.807, 2.05) is 61.5 Å². The summed E-state index contributed by atoms with van der Waals surface area (Å²) in [5.41, 5.74) is 8.92. The van der Waals surface area contributed by atoms with Crippen molar-refractivity contribution in [3.8, 4) is 16.9 Å². The second-order valence-corrected chi connectivity index (χ2v) is 7.27. The van der Waals surface area contributed by atoms with Crippen molar-refractivity contribution >= 4 is 11.8 Å². The molecule has 0 aliphatic rings.